The molecular weight excluding hydrogens is 300 g/mol. The number of hydrogen-bond donors (Lipinski definition) is 1. The summed E-state index contributed by atoms with van der Waals surface area (Å²) in [6, 6.07) is 10.6. The highest BCUT2D eigenvalue weighted by atomic mass is 35.5. The SMILES string of the molecule is C[C@@H](NC(=O)c1cccc(Cl)c1Cl)c1ccccc1F. The smallest absolute Gasteiger partial charge is 0.253 e. The summed E-state index contributed by atoms with van der Waals surface area (Å²) in [6.45, 7) is 1.70. The fraction of sp³-hybridized carbons (Fsp3) is 0.133. The minimum absolute atomic E-state index is 0.187. The number of amides is 1. The highest BCUT2D eigenvalue weighted by Crippen LogP contribution is 2.26. The zero-order chi connectivity index (χ0) is 14.7. The van der Waals surface area contributed by atoms with Gasteiger partial charge in [-0.15, -0.1) is 0 Å². The van der Waals surface area contributed by atoms with Crippen LogP contribution in [0.25, 0.3) is 0 Å². The van der Waals surface area contributed by atoms with Gasteiger partial charge in [0, 0.05) is 5.56 Å². The van der Waals surface area contributed by atoms with Crippen molar-refractivity contribution >= 4 is 29.1 Å². The van der Waals surface area contributed by atoms with Crippen LogP contribution >= 0.6 is 23.2 Å². The number of carbonyl (C=O) groups excluding carboxylic acids is 1. The lowest BCUT2D eigenvalue weighted by atomic mass is 10.1. The number of hydrogen-bond acceptors (Lipinski definition) is 1. The molecule has 0 saturated heterocycles. The zero-order valence-electron chi connectivity index (χ0n) is 10.7. The van der Waals surface area contributed by atoms with Crippen molar-refractivity contribution in [2.24, 2.45) is 0 Å². The van der Waals surface area contributed by atoms with E-state index in [1.54, 1.807) is 43.3 Å². The van der Waals surface area contributed by atoms with Crippen LogP contribution in [-0.2, 0) is 0 Å². The molecule has 0 aliphatic heterocycles. The van der Waals surface area contributed by atoms with Gasteiger partial charge in [-0.25, -0.2) is 4.39 Å². The first-order valence-electron chi connectivity index (χ1n) is 6.00. The van der Waals surface area contributed by atoms with Gasteiger partial charge < -0.3 is 5.32 Å². The van der Waals surface area contributed by atoms with Gasteiger partial charge in [0.25, 0.3) is 5.91 Å². The van der Waals surface area contributed by atoms with Crippen molar-refractivity contribution in [1.29, 1.82) is 0 Å². The molecule has 104 valence electrons. The summed E-state index contributed by atoms with van der Waals surface area (Å²) in [6.07, 6.45) is 0. The van der Waals surface area contributed by atoms with Crippen molar-refractivity contribution in [2.75, 3.05) is 0 Å². The highest BCUT2D eigenvalue weighted by molar-refractivity contribution is 6.43. The number of halogens is 3. The van der Waals surface area contributed by atoms with Crippen molar-refractivity contribution in [3.63, 3.8) is 0 Å². The zero-order valence-corrected chi connectivity index (χ0v) is 12.2. The van der Waals surface area contributed by atoms with Crippen LogP contribution in [-0.4, -0.2) is 5.91 Å². The molecular formula is C15H12Cl2FNO. The van der Waals surface area contributed by atoms with Gasteiger partial charge in [0.2, 0.25) is 0 Å². The molecule has 0 aliphatic rings. The fourth-order valence-corrected chi connectivity index (χ4v) is 2.24. The quantitative estimate of drug-likeness (QED) is 0.880. The van der Waals surface area contributed by atoms with E-state index >= 15 is 0 Å². The Kier molecular flexibility index (Phi) is 4.63. The van der Waals surface area contributed by atoms with E-state index < -0.39 is 11.9 Å². The van der Waals surface area contributed by atoms with Gasteiger partial charge in [-0.05, 0) is 25.1 Å². The summed E-state index contributed by atoms with van der Waals surface area (Å²) < 4.78 is 13.6. The monoisotopic (exact) mass is 311 g/mol. The fourth-order valence-electron chi connectivity index (χ4n) is 1.86. The molecule has 0 unspecified atom stereocenters. The Morgan fingerprint density at radius 2 is 1.85 bits per heavy atom. The Morgan fingerprint density at radius 3 is 2.55 bits per heavy atom. The number of benzene rings is 2. The molecule has 0 spiro atoms. The van der Waals surface area contributed by atoms with Crippen molar-refractivity contribution in [2.45, 2.75) is 13.0 Å². The van der Waals surface area contributed by atoms with E-state index in [9.17, 15) is 9.18 Å². The van der Waals surface area contributed by atoms with Gasteiger partial charge in [0.15, 0.2) is 0 Å². The molecule has 0 heterocycles. The van der Waals surface area contributed by atoms with Crippen LogP contribution in [0.5, 0.6) is 0 Å². The number of carbonyl (C=O) groups is 1. The Labute approximate surface area is 126 Å². The normalized spacial score (nSPS) is 12.0. The maximum absolute atomic E-state index is 13.6. The molecule has 2 rings (SSSR count). The molecule has 0 aliphatic carbocycles. The predicted octanol–water partition coefficient (Wildman–Crippen LogP) is 4.62. The average Bonchev–Trinajstić information content (AvgIpc) is 2.42. The maximum atomic E-state index is 13.6. The molecule has 20 heavy (non-hydrogen) atoms. The van der Waals surface area contributed by atoms with Crippen LogP contribution in [0.15, 0.2) is 42.5 Å². The second kappa shape index (κ2) is 6.25. The molecule has 0 aromatic heterocycles. The van der Waals surface area contributed by atoms with E-state index in [0.29, 0.717) is 10.6 Å². The lowest BCUT2D eigenvalue weighted by molar-refractivity contribution is 0.0939. The minimum Gasteiger partial charge on any atom is -0.345 e. The number of nitrogens with one attached hydrogen (secondary N) is 1. The second-order valence-corrected chi connectivity index (χ2v) is 5.10. The largest absolute Gasteiger partial charge is 0.345 e. The first kappa shape index (κ1) is 14.8. The van der Waals surface area contributed by atoms with Crippen LogP contribution in [0.4, 0.5) is 4.39 Å². The first-order chi connectivity index (χ1) is 9.50. The second-order valence-electron chi connectivity index (χ2n) is 4.32. The molecule has 0 saturated carbocycles. The first-order valence-corrected chi connectivity index (χ1v) is 6.75. The van der Waals surface area contributed by atoms with Crippen molar-refractivity contribution in [1.82, 2.24) is 5.32 Å². The third-order valence-corrected chi connectivity index (χ3v) is 3.73. The van der Waals surface area contributed by atoms with E-state index in [4.69, 9.17) is 23.2 Å². The highest BCUT2D eigenvalue weighted by Gasteiger charge is 2.17. The summed E-state index contributed by atoms with van der Waals surface area (Å²) in [7, 11) is 0. The Bertz CT molecular complexity index is 646. The molecule has 0 radical (unpaired) electrons. The van der Waals surface area contributed by atoms with Gasteiger partial charge >= 0.3 is 0 Å². The van der Waals surface area contributed by atoms with E-state index in [1.165, 1.54) is 6.07 Å². The predicted molar refractivity (Wildman–Crippen MR) is 78.7 cm³/mol. The lowest BCUT2D eigenvalue weighted by Crippen LogP contribution is -2.27. The molecule has 2 nitrogen and oxygen atoms in total. The molecule has 0 fully saturated rings. The van der Waals surface area contributed by atoms with Gasteiger partial charge in [0.1, 0.15) is 5.82 Å². The third-order valence-electron chi connectivity index (χ3n) is 2.92. The Morgan fingerprint density at radius 1 is 1.15 bits per heavy atom. The van der Waals surface area contributed by atoms with Crippen molar-refractivity contribution in [3.05, 3.63) is 69.5 Å². The molecule has 1 N–H and O–H groups in total. The summed E-state index contributed by atoms with van der Waals surface area (Å²) in [5.41, 5.74) is 0.682. The third kappa shape index (κ3) is 3.11. The standard InChI is InChI=1S/C15H12Cl2FNO/c1-9(10-5-2-3-8-13(10)18)19-15(20)11-6-4-7-12(16)14(11)17/h2-9H,1H3,(H,19,20)/t9-/m1/s1. The van der Waals surface area contributed by atoms with Gasteiger partial charge in [0.05, 0.1) is 21.7 Å². The van der Waals surface area contributed by atoms with Crippen LogP contribution < -0.4 is 5.32 Å². The minimum atomic E-state index is -0.473. The van der Waals surface area contributed by atoms with Crippen LogP contribution in [0.1, 0.15) is 28.9 Å². The van der Waals surface area contributed by atoms with Crippen LogP contribution in [0, 0.1) is 5.82 Å². The molecule has 0 bridgehead atoms. The van der Waals surface area contributed by atoms with Crippen molar-refractivity contribution < 1.29 is 9.18 Å². The van der Waals surface area contributed by atoms with Gasteiger partial charge in [-0.3, -0.25) is 4.79 Å². The lowest BCUT2D eigenvalue weighted by Gasteiger charge is -2.15. The van der Waals surface area contributed by atoms with E-state index in [2.05, 4.69) is 5.32 Å². The molecule has 5 heteroatoms. The molecule has 1 amide bonds. The summed E-state index contributed by atoms with van der Waals surface area (Å²) >= 11 is 11.8. The molecule has 1 atom stereocenters. The van der Waals surface area contributed by atoms with Crippen LogP contribution in [0.3, 0.4) is 0 Å². The maximum Gasteiger partial charge on any atom is 0.253 e. The molecule has 2 aromatic rings. The van der Waals surface area contributed by atoms with E-state index in [1.807, 2.05) is 0 Å². The van der Waals surface area contributed by atoms with E-state index in [0.717, 1.165) is 0 Å². The Balaban J connectivity index is 2.20. The summed E-state index contributed by atoms with van der Waals surface area (Å²) in [5, 5.41) is 3.19. The van der Waals surface area contributed by atoms with E-state index in [-0.39, 0.29) is 16.4 Å². The molecule has 2 aromatic carbocycles. The van der Waals surface area contributed by atoms with Gasteiger partial charge in [-0.1, -0.05) is 47.5 Å². The summed E-state index contributed by atoms with van der Waals surface area (Å²) in [5.74, 6) is -0.759. The number of rotatable bonds is 3. The topological polar surface area (TPSA) is 29.1 Å². The average molecular weight is 312 g/mol. The summed E-state index contributed by atoms with van der Waals surface area (Å²) in [4.78, 5) is 12.1. The van der Waals surface area contributed by atoms with Gasteiger partial charge in [-0.2, -0.15) is 0 Å². The van der Waals surface area contributed by atoms with Crippen LogP contribution in [0.2, 0.25) is 10.0 Å². The Hall–Kier alpha value is -1.58. The van der Waals surface area contributed by atoms with Crippen molar-refractivity contribution in [3.8, 4) is 0 Å².